The van der Waals surface area contributed by atoms with Crippen LogP contribution in [-0.4, -0.2) is 92.5 Å². The Morgan fingerprint density at radius 1 is 1.16 bits per heavy atom. The Kier molecular flexibility index (Phi) is 9.28. The summed E-state index contributed by atoms with van der Waals surface area (Å²) in [6, 6.07) is 6.00. The summed E-state index contributed by atoms with van der Waals surface area (Å²) in [6.45, 7) is 5.68. The molecule has 3 fully saturated rings. The van der Waals surface area contributed by atoms with E-state index in [0.29, 0.717) is 30.7 Å². The second kappa shape index (κ2) is 13.5. The van der Waals surface area contributed by atoms with Crippen LogP contribution in [0.5, 0.6) is 11.8 Å². The predicted octanol–water partition coefficient (Wildman–Crippen LogP) is 5.53. The van der Waals surface area contributed by atoms with Gasteiger partial charge >= 0.3 is 6.01 Å². The minimum atomic E-state index is -0.837. The van der Waals surface area contributed by atoms with E-state index < -0.39 is 24.0 Å². The fourth-order valence-electron chi connectivity index (χ4n) is 8.61. The van der Waals surface area contributed by atoms with Crippen molar-refractivity contribution in [3.63, 3.8) is 0 Å². The lowest BCUT2D eigenvalue weighted by atomic mass is 9.70. The molecule has 2 unspecified atom stereocenters. The van der Waals surface area contributed by atoms with Crippen LogP contribution in [0.2, 0.25) is 0 Å². The van der Waals surface area contributed by atoms with Crippen LogP contribution in [0.1, 0.15) is 64.4 Å². The Bertz CT molecular complexity index is 1960. The molecule has 264 valence electrons. The molecule has 50 heavy (non-hydrogen) atoms. The first-order valence-corrected chi connectivity index (χ1v) is 17.4. The Morgan fingerprint density at radius 3 is 2.70 bits per heavy atom. The molecule has 4 aromatic rings. The van der Waals surface area contributed by atoms with Crippen LogP contribution >= 0.6 is 0 Å². The number of hydrogen-bond donors (Lipinski definition) is 3. The fourth-order valence-corrected chi connectivity index (χ4v) is 8.61. The van der Waals surface area contributed by atoms with Crippen LogP contribution in [0.15, 0.2) is 30.5 Å². The first kappa shape index (κ1) is 34.3. The van der Waals surface area contributed by atoms with Crippen LogP contribution in [0, 0.1) is 29.4 Å². The quantitative estimate of drug-likeness (QED) is 0.105. The Hall–Kier alpha value is -4.15. The number of aliphatic hydroxyl groups is 2. The van der Waals surface area contributed by atoms with Crippen molar-refractivity contribution in [3.8, 4) is 35.4 Å². The van der Waals surface area contributed by atoms with Gasteiger partial charge in [-0.2, -0.15) is 9.97 Å². The summed E-state index contributed by atoms with van der Waals surface area (Å²) in [4.78, 5) is 17.8. The third-order valence-corrected chi connectivity index (χ3v) is 10.9. The van der Waals surface area contributed by atoms with Gasteiger partial charge in [0.05, 0.1) is 29.8 Å². The topological polar surface area (TPSA) is 124 Å². The first-order valence-electron chi connectivity index (χ1n) is 17.4. The number of phenolic OH excluding ortho intramolecular Hbond substituents is 1. The number of rotatable bonds is 11. The number of halogens is 2. The maximum atomic E-state index is 16.9. The van der Waals surface area contributed by atoms with Gasteiger partial charge in [-0.25, -0.2) is 8.78 Å². The van der Waals surface area contributed by atoms with Gasteiger partial charge in [-0.15, -0.1) is 6.42 Å². The first-order chi connectivity index (χ1) is 24.1. The molecule has 2 aromatic carbocycles. The molecule has 3 aliphatic rings. The van der Waals surface area contributed by atoms with Gasteiger partial charge < -0.3 is 29.7 Å². The molecule has 2 aliphatic carbocycles. The summed E-state index contributed by atoms with van der Waals surface area (Å²) in [5.74, 6) is 0.922. The molecule has 2 aromatic heterocycles. The number of anilines is 1. The van der Waals surface area contributed by atoms with E-state index in [1.807, 2.05) is 13.8 Å². The molecule has 10 nitrogen and oxygen atoms in total. The number of nitrogens with zero attached hydrogens (tertiary/aromatic N) is 5. The van der Waals surface area contributed by atoms with Crippen LogP contribution < -0.4 is 9.64 Å². The van der Waals surface area contributed by atoms with Crippen molar-refractivity contribution < 1.29 is 33.6 Å². The molecule has 0 spiro atoms. The summed E-state index contributed by atoms with van der Waals surface area (Å²) in [5, 5.41) is 32.3. The van der Waals surface area contributed by atoms with Crippen LogP contribution in [-0.2, 0) is 4.74 Å². The van der Waals surface area contributed by atoms with Gasteiger partial charge in [0, 0.05) is 47.8 Å². The zero-order valence-electron chi connectivity index (χ0n) is 28.5. The van der Waals surface area contributed by atoms with E-state index in [1.54, 1.807) is 4.90 Å². The molecular formula is C38H43F2N5O5. The molecule has 3 N–H and O–H groups in total. The van der Waals surface area contributed by atoms with Crippen molar-refractivity contribution in [2.24, 2.45) is 5.41 Å². The van der Waals surface area contributed by atoms with Crippen molar-refractivity contribution in [1.82, 2.24) is 19.9 Å². The van der Waals surface area contributed by atoms with Gasteiger partial charge in [-0.3, -0.25) is 9.88 Å². The highest BCUT2D eigenvalue weighted by Crippen LogP contribution is 2.51. The number of piperidine rings is 1. The SMILES string of the molecule is C#Cc1c(F)ccc2cc(O)cc(-c3ncc4c(N(CO)CCOCC)nc(OCC56CCCC5N(C5CC(C)(O)C5)CCC6)nc4c3F)c12. The predicted molar refractivity (Wildman–Crippen MR) is 186 cm³/mol. The van der Waals surface area contributed by atoms with Gasteiger partial charge in [0.25, 0.3) is 0 Å². The van der Waals surface area contributed by atoms with Crippen LogP contribution in [0.3, 0.4) is 0 Å². The lowest BCUT2D eigenvalue weighted by Gasteiger charge is -2.55. The van der Waals surface area contributed by atoms with E-state index in [9.17, 15) is 19.7 Å². The number of phenols is 1. The number of hydrogen-bond acceptors (Lipinski definition) is 10. The number of fused-ring (bicyclic) bond motifs is 3. The number of benzene rings is 2. The van der Waals surface area contributed by atoms with Crippen molar-refractivity contribution in [3.05, 3.63) is 47.7 Å². The Morgan fingerprint density at radius 2 is 1.96 bits per heavy atom. The lowest BCUT2D eigenvalue weighted by Crippen LogP contribution is -2.61. The molecule has 12 heteroatoms. The van der Waals surface area contributed by atoms with Crippen molar-refractivity contribution >= 4 is 27.5 Å². The minimum absolute atomic E-state index is 0.0433. The number of terminal acetylenes is 1. The minimum Gasteiger partial charge on any atom is -0.508 e. The van der Waals surface area contributed by atoms with E-state index in [4.69, 9.17) is 20.9 Å². The Labute approximate surface area is 290 Å². The summed E-state index contributed by atoms with van der Waals surface area (Å²) in [5.41, 5.74) is -1.02. The lowest BCUT2D eigenvalue weighted by molar-refractivity contribution is -0.117. The maximum absolute atomic E-state index is 16.9. The van der Waals surface area contributed by atoms with Crippen LogP contribution in [0.4, 0.5) is 14.6 Å². The van der Waals surface area contributed by atoms with Crippen LogP contribution in [0.25, 0.3) is 32.9 Å². The molecule has 2 saturated carbocycles. The molecule has 1 aliphatic heterocycles. The molecule has 0 bridgehead atoms. The number of pyridine rings is 1. The van der Waals surface area contributed by atoms with E-state index in [-0.39, 0.29) is 69.3 Å². The van der Waals surface area contributed by atoms with Crippen molar-refractivity contribution in [1.29, 1.82) is 0 Å². The monoisotopic (exact) mass is 687 g/mol. The number of ether oxygens (including phenoxy) is 2. The number of aliphatic hydroxyl groups excluding tert-OH is 1. The molecule has 3 heterocycles. The van der Waals surface area contributed by atoms with E-state index in [1.165, 1.54) is 30.5 Å². The van der Waals surface area contributed by atoms with E-state index >= 15 is 4.39 Å². The second-order valence-corrected chi connectivity index (χ2v) is 14.2. The zero-order valence-corrected chi connectivity index (χ0v) is 28.5. The molecule has 1 saturated heterocycles. The molecule has 0 amide bonds. The van der Waals surface area contributed by atoms with E-state index in [2.05, 4.69) is 20.8 Å². The number of aromatic hydroxyl groups is 1. The molecular weight excluding hydrogens is 644 g/mol. The van der Waals surface area contributed by atoms with Gasteiger partial charge in [0.2, 0.25) is 0 Å². The fraction of sp³-hybridized carbons (Fsp3) is 0.500. The molecule has 2 atom stereocenters. The largest absolute Gasteiger partial charge is 0.508 e. The summed E-state index contributed by atoms with van der Waals surface area (Å²) >= 11 is 0. The van der Waals surface area contributed by atoms with Gasteiger partial charge in [-0.1, -0.05) is 18.4 Å². The average molecular weight is 688 g/mol. The smallest absolute Gasteiger partial charge is 0.319 e. The third kappa shape index (κ3) is 6.10. The van der Waals surface area contributed by atoms with Crippen molar-refractivity contribution in [2.45, 2.75) is 76.5 Å². The van der Waals surface area contributed by atoms with E-state index in [0.717, 1.165) is 51.5 Å². The highest BCUT2D eigenvalue weighted by atomic mass is 19.1. The maximum Gasteiger partial charge on any atom is 0.319 e. The summed E-state index contributed by atoms with van der Waals surface area (Å²) < 4.78 is 43.7. The third-order valence-electron chi connectivity index (χ3n) is 10.9. The van der Waals surface area contributed by atoms with Gasteiger partial charge in [0.15, 0.2) is 5.82 Å². The summed E-state index contributed by atoms with van der Waals surface area (Å²) in [6.07, 6.45) is 13.7. The highest BCUT2D eigenvalue weighted by molar-refractivity contribution is 6.03. The molecule has 0 radical (unpaired) electrons. The normalized spacial score (nSPS) is 25.0. The zero-order chi connectivity index (χ0) is 35.2. The van der Waals surface area contributed by atoms with Gasteiger partial charge in [-0.05, 0) is 82.5 Å². The van der Waals surface area contributed by atoms with Gasteiger partial charge in [0.1, 0.15) is 35.3 Å². The highest BCUT2D eigenvalue weighted by Gasteiger charge is 2.53. The van der Waals surface area contributed by atoms with Crippen molar-refractivity contribution in [2.75, 3.05) is 44.5 Å². The average Bonchev–Trinajstić information content (AvgIpc) is 3.53. The molecule has 7 rings (SSSR count). The number of likely N-dealkylation sites (tertiary alicyclic amines) is 1. The summed E-state index contributed by atoms with van der Waals surface area (Å²) in [7, 11) is 0. The Balaban J connectivity index is 1.30. The second-order valence-electron chi connectivity index (χ2n) is 14.2. The number of aromatic nitrogens is 3. The standard InChI is InChI=1S/C38H43F2N5O5/c1-4-26-29(39)10-9-23-16-25(47)17-27(31(23)26)33-32(40)34-28(20-41-33)35(44(22-46)14-15-49-5-2)43-36(42-34)50-21-38-11-6-8-30(38)45(13-7-12-38)24-18-37(3,48)19-24/h1,9-10,16-17,20,24,30,46-48H,5-8,11-15,18-19,21-22H2,2-3H3.